The average molecular weight is 286 g/mol. The van der Waals surface area contributed by atoms with Crippen molar-refractivity contribution in [2.24, 2.45) is 0 Å². The van der Waals surface area contributed by atoms with E-state index in [1.807, 2.05) is 37.4 Å². The van der Waals surface area contributed by atoms with Crippen LogP contribution in [0.25, 0.3) is 0 Å². The van der Waals surface area contributed by atoms with Crippen molar-refractivity contribution in [2.75, 3.05) is 25.5 Å². The maximum atomic E-state index is 13.2. The molecule has 0 saturated heterocycles. The van der Waals surface area contributed by atoms with Crippen LogP contribution in [0.1, 0.15) is 5.56 Å². The van der Waals surface area contributed by atoms with Gasteiger partial charge in [0.2, 0.25) is 0 Å². The van der Waals surface area contributed by atoms with Crippen molar-refractivity contribution in [3.05, 3.63) is 59.9 Å². The van der Waals surface area contributed by atoms with Crippen molar-refractivity contribution >= 4 is 5.69 Å². The summed E-state index contributed by atoms with van der Waals surface area (Å²) in [6, 6.07) is 14.7. The highest BCUT2D eigenvalue weighted by atomic mass is 19.1. The smallest absolute Gasteiger partial charge is 0.142 e. The third-order valence-corrected chi connectivity index (χ3v) is 3.56. The summed E-state index contributed by atoms with van der Waals surface area (Å²) in [5, 5.41) is 3.38. The van der Waals surface area contributed by atoms with Crippen LogP contribution in [0.5, 0.6) is 5.75 Å². The molecule has 0 spiro atoms. The van der Waals surface area contributed by atoms with E-state index in [-0.39, 0.29) is 11.9 Å². The van der Waals surface area contributed by atoms with Crippen LogP contribution in [0.15, 0.2) is 48.5 Å². The second kappa shape index (κ2) is 6.14. The van der Waals surface area contributed by atoms with Gasteiger partial charge in [0, 0.05) is 13.1 Å². The number of likely N-dealkylation sites (N-methyl/N-ethyl adjacent to an activating group) is 1. The molecule has 4 heteroatoms. The molecule has 1 N–H and O–H groups in total. The molecule has 3 rings (SSSR count). The van der Waals surface area contributed by atoms with Crippen LogP contribution >= 0.6 is 0 Å². The predicted molar refractivity (Wildman–Crippen MR) is 82.1 cm³/mol. The number of benzene rings is 2. The molecular weight excluding hydrogens is 267 g/mol. The van der Waals surface area contributed by atoms with Crippen LogP contribution < -0.4 is 10.1 Å². The molecule has 0 fully saturated rings. The first-order valence-corrected chi connectivity index (χ1v) is 7.13. The fourth-order valence-electron chi connectivity index (χ4n) is 2.62. The summed E-state index contributed by atoms with van der Waals surface area (Å²) >= 11 is 0. The first-order chi connectivity index (χ1) is 10.2. The molecular formula is C17H19FN2O. The predicted octanol–water partition coefficient (Wildman–Crippen LogP) is 3.13. The summed E-state index contributed by atoms with van der Waals surface area (Å²) in [7, 11) is 2.02. The van der Waals surface area contributed by atoms with Gasteiger partial charge in [-0.05, 0) is 36.9 Å². The summed E-state index contributed by atoms with van der Waals surface area (Å²) in [4.78, 5) is 2.15. The van der Waals surface area contributed by atoms with E-state index < -0.39 is 0 Å². The first kappa shape index (κ1) is 13.9. The molecule has 0 aliphatic carbocycles. The Hall–Kier alpha value is -2.07. The number of nitrogens with zero attached hydrogens (tertiary/aromatic N) is 1. The average Bonchev–Trinajstić information content (AvgIpc) is 2.47. The minimum absolute atomic E-state index is 0.0958. The monoisotopic (exact) mass is 286 g/mol. The number of ether oxygens (including phenoxy) is 1. The number of hydrogen-bond donors (Lipinski definition) is 1. The maximum absolute atomic E-state index is 13.2. The molecule has 1 unspecified atom stereocenters. The van der Waals surface area contributed by atoms with Gasteiger partial charge < -0.3 is 10.1 Å². The molecule has 2 aromatic carbocycles. The van der Waals surface area contributed by atoms with Gasteiger partial charge in [0.05, 0.1) is 12.2 Å². The van der Waals surface area contributed by atoms with Crippen molar-refractivity contribution in [2.45, 2.75) is 12.6 Å². The summed E-state index contributed by atoms with van der Waals surface area (Å²) in [5.41, 5.74) is 2.02. The van der Waals surface area contributed by atoms with Gasteiger partial charge >= 0.3 is 0 Å². The molecule has 0 bridgehead atoms. The van der Waals surface area contributed by atoms with E-state index in [1.165, 1.54) is 6.07 Å². The third-order valence-electron chi connectivity index (χ3n) is 3.56. The van der Waals surface area contributed by atoms with Crippen molar-refractivity contribution in [1.29, 1.82) is 0 Å². The van der Waals surface area contributed by atoms with E-state index >= 15 is 0 Å². The minimum atomic E-state index is -0.189. The molecule has 0 amide bonds. The van der Waals surface area contributed by atoms with Crippen molar-refractivity contribution in [3.63, 3.8) is 0 Å². The fraction of sp³-hybridized carbons (Fsp3) is 0.294. The maximum Gasteiger partial charge on any atom is 0.142 e. The Morgan fingerprint density at radius 2 is 2.10 bits per heavy atom. The van der Waals surface area contributed by atoms with Gasteiger partial charge in [-0.25, -0.2) is 4.39 Å². The Labute approximate surface area is 124 Å². The molecule has 1 aliphatic heterocycles. The Balaban J connectivity index is 1.57. The van der Waals surface area contributed by atoms with Crippen LogP contribution in [0, 0.1) is 5.82 Å². The third kappa shape index (κ3) is 3.52. The van der Waals surface area contributed by atoms with Crippen molar-refractivity contribution in [1.82, 2.24) is 4.90 Å². The zero-order valence-corrected chi connectivity index (χ0v) is 12.1. The SMILES string of the molecule is CN(Cc1cccc(F)c1)CC1CNc2ccccc2O1. The number of fused-ring (bicyclic) bond motifs is 1. The summed E-state index contributed by atoms with van der Waals surface area (Å²) in [6.07, 6.45) is 0.0958. The molecule has 2 aromatic rings. The van der Waals surface area contributed by atoms with Crippen LogP contribution in [0.2, 0.25) is 0 Å². The number of hydrogen-bond acceptors (Lipinski definition) is 3. The Kier molecular flexibility index (Phi) is 4.06. The molecule has 1 aliphatic rings. The van der Waals surface area contributed by atoms with Crippen LogP contribution in [0.3, 0.4) is 0 Å². The van der Waals surface area contributed by atoms with Crippen molar-refractivity contribution < 1.29 is 9.13 Å². The molecule has 1 heterocycles. The molecule has 0 saturated carbocycles. The number of halogens is 1. The van der Waals surface area contributed by atoms with Gasteiger partial charge in [0.25, 0.3) is 0 Å². The zero-order valence-electron chi connectivity index (χ0n) is 12.1. The Bertz CT molecular complexity index is 617. The highest BCUT2D eigenvalue weighted by Gasteiger charge is 2.20. The zero-order chi connectivity index (χ0) is 14.7. The highest BCUT2D eigenvalue weighted by molar-refractivity contribution is 5.57. The minimum Gasteiger partial charge on any atom is -0.485 e. The first-order valence-electron chi connectivity index (χ1n) is 7.13. The molecule has 0 aromatic heterocycles. The molecule has 0 radical (unpaired) electrons. The van der Waals surface area contributed by atoms with Gasteiger partial charge in [-0.1, -0.05) is 24.3 Å². The quantitative estimate of drug-likeness (QED) is 0.934. The second-order valence-corrected chi connectivity index (χ2v) is 5.44. The number of para-hydroxylation sites is 2. The van der Waals surface area contributed by atoms with E-state index in [1.54, 1.807) is 12.1 Å². The largest absolute Gasteiger partial charge is 0.485 e. The molecule has 3 nitrogen and oxygen atoms in total. The molecule has 110 valence electrons. The fourth-order valence-corrected chi connectivity index (χ4v) is 2.62. The normalized spacial score (nSPS) is 17.0. The summed E-state index contributed by atoms with van der Waals surface area (Å²) < 4.78 is 19.2. The van der Waals surface area contributed by atoms with E-state index in [9.17, 15) is 4.39 Å². The van der Waals surface area contributed by atoms with Gasteiger partial charge in [-0.2, -0.15) is 0 Å². The Morgan fingerprint density at radius 3 is 2.95 bits per heavy atom. The lowest BCUT2D eigenvalue weighted by atomic mass is 10.2. The lowest BCUT2D eigenvalue weighted by Gasteiger charge is -2.30. The van der Waals surface area contributed by atoms with Crippen LogP contribution in [0.4, 0.5) is 10.1 Å². The van der Waals surface area contributed by atoms with Crippen LogP contribution in [-0.4, -0.2) is 31.1 Å². The van der Waals surface area contributed by atoms with Gasteiger partial charge in [0.1, 0.15) is 17.7 Å². The number of rotatable bonds is 4. The van der Waals surface area contributed by atoms with Gasteiger partial charge in [-0.15, -0.1) is 0 Å². The molecule has 21 heavy (non-hydrogen) atoms. The standard InChI is InChI=1S/C17H19FN2O/c1-20(11-13-5-4-6-14(18)9-13)12-15-10-19-16-7-2-3-8-17(16)21-15/h2-9,15,19H,10-12H2,1H3. The summed E-state index contributed by atoms with van der Waals surface area (Å²) in [5.74, 6) is 0.707. The summed E-state index contributed by atoms with van der Waals surface area (Å²) in [6.45, 7) is 2.28. The Morgan fingerprint density at radius 1 is 1.24 bits per heavy atom. The molecule has 1 atom stereocenters. The van der Waals surface area contributed by atoms with Crippen LogP contribution in [-0.2, 0) is 6.54 Å². The number of anilines is 1. The highest BCUT2D eigenvalue weighted by Crippen LogP contribution is 2.28. The van der Waals surface area contributed by atoms with Crippen molar-refractivity contribution in [3.8, 4) is 5.75 Å². The van der Waals surface area contributed by atoms with E-state index in [0.29, 0.717) is 6.54 Å². The van der Waals surface area contributed by atoms with E-state index in [4.69, 9.17) is 4.74 Å². The topological polar surface area (TPSA) is 24.5 Å². The second-order valence-electron chi connectivity index (χ2n) is 5.44. The lowest BCUT2D eigenvalue weighted by molar-refractivity contribution is 0.148. The van der Waals surface area contributed by atoms with Gasteiger partial charge in [-0.3, -0.25) is 4.90 Å². The number of nitrogens with one attached hydrogen (secondary N) is 1. The van der Waals surface area contributed by atoms with E-state index in [0.717, 1.165) is 30.1 Å². The lowest BCUT2D eigenvalue weighted by Crippen LogP contribution is -2.40. The van der Waals surface area contributed by atoms with Gasteiger partial charge in [0.15, 0.2) is 0 Å². The van der Waals surface area contributed by atoms with E-state index in [2.05, 4.69) is 10.2 Å².